The van der Waals surface area contributed by atoms with E-state index in [1.807, 2.05) is 11.0 Å². The second-order valence-electron chi connectivity index (χ2n) is 6.00. The van der Waals surface area contributed by atoms with E-state index in [0.717, 1.165) is 12.8 Å². The molecule has 1 aromatic carbocycles. The average Bonchev–Trinajstić information content (AvgIpc) is 2.89. The number of carbonyl (C=O) groups excluding carboxylic acids is 1. The van der Waals surface area contributed by atoms with Gasteiger partial charge < -0.3 is 10.2 Å². The van der Waals surface area contributed by atoms with Gasteiger partial charge >= 0.3 is 6.03 Å². The molecule has 1 fully saturated rings. The van der Waals surface area contributed by atoms with Crippen molar-refractivity contribution in [2.45, 2.75) is 32.7 Å². The van der Waals surface area contributed by atoms with Gasteiger partial charge in [0.25, 0.3) is 0 Å². The lowest BCUT2D eigenvalue weighted by molar-refractivity contribution is 0.193. The fraction of sp³-hybridized carbons (Fsp3) is 0.562. The first-order valence-corrected chi connectivity index (χ1v) is 9.64. The van der Waals surface area contributed by atoms with E-state index in [9.17, 15) is 13.2 Å². The lowest BCUT2D eigenvalue weighted by Gasteiger charge is -2.27. The lowest BCUT2D eigenvalue weighted by Crippen LogP contribution is -2.41. The zero-order valence-corrected chi connectivity index (χ0v) is 14.2. The topological polar surface area (TPSA) is 66.5 Å². The number of rotatable bonds is 4. The Bertz CT molecular complexity index is 655. The molecular weight excluding hydrogens is 300 g/mol. The fourth-order valence-corrected chi connectivity index (χ4v) is 3.39. The number of amides is 2. The molecule has 2 rings (SSSR count). The van der Waals surface area contributed by atoms with E-state index in [1.54, 1.807) is 0 Å². The number of urea groups is 1. The number of likely N-dealkylation sites (tertiary alicyclic amines) is 1. The first-order valence-electron chi connectivity index (χ1n) is 7.58. The van der Waals surface area contributed by atoms with Gasteiger partial charge in [0, 0.05) is 19.3 Å². The number of hydrogen-bond acceptors (Lipinski definition) is 3. The molecule has 6 heteroatoms. The zero-order chi connectivity index (χ0) is 16.3. The van der Waals surface area contributed by atoms with E-state index in [2.05, 4.69) is 31.3 Å². The predicted octanol–water partition coefficient (Wildman–Crippen LogP) is 2.19. The minimum absolute atomic E-state index is 0.0271. The summed E-state index contributed by atoms with van der Waals surface area (Å²) in [6, 6.07) is 6.08. The Morgan fingerprint density at radius 2 is 2.09 bits per heavy atom. The SMILES string of the molecule is Cc1cccc([C@@H]2CCCN2C(=O)NCCS(C)(=O)=O)c1C. The summed E-state index contributed by atoms with van der Waals surface area (Å²) in [5, 5.41) is 2.72. The normalized spacial score (nSPS) is 18.5. The van der Waals surface area contributed by atoms with Gasteiger partial charge in [0.1, 0.15) is 9.84 Å². The van der Waals surface area contributed by atoms with Crippen LogP contribution < -0.4 is 5.32 Å². The third-order valence-corrected chi connectivity index (χ3v) is 5.21. The molecule has 0 radical (unpaired) electrons. The average molecular weight is 324 g/mol. The lowest BCUT2D eigenvalue weighted by atomic mass is 9.96. The molecule has 1 aliphatic rings. The summed E-state index contributed by atoms with van der Waals surface area (Å²) in [5.41, 5.74) is 3.64. The molecule has 0 bridgehead atoms. The van der Waals surface area contributed by atoms with E-state index in [0.29, 0.717) is 6.54 Å². The molecule has 1 aliphatic heterocycles. The molecule has 0 aromatic heterocycles. The molecule has 2 amide bonds. The Kier molecular flexibility index (Phi) is 5.11. The van der Waals surface area contributed by atoms with E-state index in [1.165, 1.54) is 22.9 Å². The van der Waals surface area contributed by atoms with Gasteiger partial charge in [-0.2, -0.15) is 0 Å². The van der Waals surface area contributed by atoms with Crippen molar-refractivity contribution in [3.8, 4) is 0 Å². The van der Waals surface area contributed by atoms with Crippen LogP contribution in [0.2, 0.25) is 0 Å². The van der Waals surface area contributed by atoms with Crippen molar-refractivity contribution in [2.75, 3.05) is 25.1 Å². The zero-order valence-electron chi connectivity index (χ0n) is 13.4. The molecule has 0 spiro atoms. The molecule has 22 heavy (non-hydrogen) atoms. The van der Waals surface area contributed by atoms with Crippen molar-refractivity contribution < 1.29 is 13.2 Å². The maximum Gasteiger partial charge on any atom is 0.317 e. The summed E-state index contributed by atoms with van der Waals surface area (Å²) < 4.78 is 22.3. The highest BCUT2D eigenvalue weighted by molar-refractivity contribution is 7.90. The number of benzene rings is 1. The van der Waals surface area contributed by atoms with Gasteiger partial charge in [-0.25, -0.2) is 13.2 Å². The minimum atomic E-state index is -3.05. The van der Waals surface area contributed by atoms with Gasteiger partial charge in [-0.3, -0.25) is 0 Å². The van der Waals surface area contributed by atoms with Crippen molar-refractivity contribution >= 4 is 15.9 Å². The van der Waals surface area contributed by atoms with Crippen LogP contribution in [0.5, 0.6) is 0 Å². The molecule has 1 N–H and O–H groups in total. The van der Waals surface area contributed by atoms with Crippen molar-refractivity contribution in [2.24, 2.45) is 0 Å². The van der Waals surface area contributed by atoms with Crippen LogP contribution in [0.1, 0.15) is 35.6 Å². The van der Waals surface area contributed by atoms with E-state index in [-0.39, 0.29) is 24.4 Å². The van der Waals surface area contributed by atoms with E-state index >= 15 is 0 Å². The molecule has 122 valence electrons. The second-order valence-corrected chi connectivity index (χ2v) is 8.26. The molecule has 1 aromatic rings. The summed E-state index contributed by atoms with van der Waals surface area (Å²) >= 11 is 0. The first kappa shape index (κ1) is 16.8. The maximum atomic E-state index is 12.3. The van der Waals surface area contributed by atoms with Crippen molar-refractivity contribution in [3.05, 3.63) is 34.9 Å². The molecular formula is C16H24N2O3S. The Hall–Kier alpha value is -1.56. The van der Waals surface area contributed by atoms with Crippen molar-refractivity contribution in [3.63, 3.8) is 0 Å². The highest BCUT2D eigenvalue weighted by Crippen LogP contribution is 2.34. The Morgan fingerprint density at radius 1 is 1.36 bits per heavy atom. The van der Waals surface area contributed by atoms with Gasteiger partial charge in [-0.05, 0) is 43.4 Å². The number of aryl methyl sites for hydroxylation is 1. The quantitative estimate of drug-likeness (QED) is 0.923. The Balaban J connectivity index is 2.07. The van der Waals surface area contributed by atoms with Gasteiger partial charge in [0.2, 0.25) is 0 Å². The van der Waals surface area contributed by atoms with Gasteiger partial charge in [0.05, 0.1) is 11.8 Å². The number of carbonyl (C=O) groups is 1. The maximum absolute atomic E-state index is 12.3. The summed E-state index contributed by atoms with van der Waals surface area (Å²) in [6.45, 7) is 5.03. The van der Waals surface area contributed by atoms with Crippen LogP contribution in [0.25, 0.3) is 0 Å². The predicted molar refractivity (Wildman–Crippen MR) is 87.7 cm³/mol. The largest absolute Gasteiger partial charge is 0.337 e. The van der Waals surface area contributed by atoms with Crippen LogP contribution in [0.3, 0.4) is 0 Å². The van der Waals surface area contributed by atoms with Crippen LogP contribution in [-0.4, -0.2) is 44.4 Å². The van der Waals surface area contributed by atoms with Crippen LogP contribution >= 0.6 is 0 Å². The standard InChI is InChI=1S/C16H24N2O3S/c1-12-6-4-7-14(13(12)2)15-8-5-10-18(15)16(19)17-9-11-22(3,20)21/h4,6-7,15H,5,8-11H2,1-3H3,(H,17,19)/t15-/m0/s1. The molecule has 1 heterocycles. The second kappa shape index (κ2) is 6.69. The summed E-state index contributed by atoms with van der Waals surface area (Å²) in [5.74, 6) is -0.0271. The number of sulfone groups is 1. The molecule has 1 atom stereocenters. The van der Waals surface area contributed by atoms with E-state index < -0.39 is 9.84 Å². The van der Waals surface area contributed by atoms with Crippen molar-refractivity contribution in [1.29, 1.82) is 0 Å². The van der Waals surface area contributed by atoms with Crippen LogP contribution in [0.4, 0.5) is 4.79 Å². The minimum Gasteiger partial charge on any atom is -0.337 e. The number of nitrogens with zero attached hydrogens (tertiary/aromatic N) is 1. The van der Waals surface area contributed by atoms with E-state index in [4.69, 9.17) is 0 Å². The highest BCUT2D eigenvalue weighted by Gasteiger charge is 2.30. The third kappa shape index (κ3) is 4.00. The Labute approximate surface area is 132 Å². The highest BCUT2D eigenvalue weighted by atomic mass is 32.2. The number of nitrogens with one attached hydrogen (secondary N) is 1. The summed E-state index contributed by atoms with van der Waals surface area (Å²) in [4.78, 5) is 14.2. The number of hydrogen-bond donors (Lipinski definition) is 1. The van der Waals surface area contributed by atoms with Crippen LogP contribution in [-0.2, 0) is 9.84 Å². The fourth-order valence-electron chi connectivity index (χ4n) is 2.91. The monoisotopic (exact) mass is 324 g/mol. The van der Waals surface area contributed by atoms with Gasteiger partial charge in [0.15, 0.2) is 0 Å². The summed E-state index contributed by atoms with van der Waals surface area (Å²) in [7, 11) is -3.05. The van der Waals surface area contributed by atoms with Gasteiger partial charge in [-0.15, -0.1) is 0 Å². The smallest absolute Gasteiger partial charge is 0.317 e. The van der Waals surface area contributed by atoms with Gasteiger partial charge in [-0.1, -0.05) is 18.2 Å². The molecule has 0 unspecified atom stereocenters. The Morgan fingerprint density at radius 3 is 2.77 bits per heavy atom. The first-order chi connectivity index (χ1) is 10.3. The molecule has 1 saturated heterocycles. The third-order valence-electron chi connectivity index (χ3n) is 4.27. The molecule has 0 aliphatic carbocycles. The van der Waals surface area contributed by atoms with Crippen molar-refractivity contribution in [1.82, 2.24) is 10.2 Å². The summed E-state index contributed by atoms with van der Waals surface area (Å²) in [6.07, 6.45) is 3.09. The van der Waals surface area contributed by atoms with Crippen LogP contribution in [0, 0.1) is 13.8 Å². The van der Waals surface area contributed by atoms with Crippen LogP contribution in [0.15, 0.2) is 18.2 Å². The molecule has 0 saturated carbocycles. The molecule has 5 nitrogen and oxygen atoms in total.